The molecule has 0 unspecified atom stereocenters. The molecule has 2 aromatic rings. The number of anilines is 1. The standard InChI is InChI=1S/C14H19N5O6Se/c15-11-8-12(17-4-16-11)19(5-18-8)13-10(22)9(21)7(25-13)3-26-2-1-6(20)14(23)24/h4-7,9-10,13,20-22H,1-3H2,(H,23,24)(H2,15,16,17)/t6-,7-,9-,10-,13-/m1/s1. The number of nitrogens with zero attached hydrogens (tertiary/aromatic N) is 4. The molecule has 142 valence electrons. The van der Waals surface area contributed by atoms with Gasteiger partial charge in [0.1, 0.15) is 0 Å². The van der Waals surface area contributed by atoms with Crippen LogP contribution in [0, 0.1) is 0 Å². The number of aromatic nitrogens is 4. The van der Waals surface area contributed by atoms with E-state index in [0.717, 1.165) is 0 Å². The van der Waals surface area contributed by atoms with Gasteiger partial charge in [0, 0.05) is 0 Å². The van der Waals surface area contributed by atoms with Gasteiger partial charge >= 0.3 is 153 Å². The Hall–Kier alpha value is -1.82. The van der Waals surface area contributed by atoms with Crippen LogP contribution < -0.4 is 5.73 Å². The zero-order chi connectivity index (χ0) is 18.8. The van der Waals surface area contributed by atoms with Crippen LogP contribution in [0.5, 0.6) is 0 Å². The molecule has 12 heteroatoms. The van der Waals surface area contributed by atoms with Gasteiger partial charge in [-0.05, 0) is 0 Å². The molecule has 0 aliphatic carbocycles. The Morgan fingerprint density at radius 1 is 1.35 bits per heavy atom. The van der Waals surface area contributed by atoms with Crippen molar-refractivity contribution < 1.29 is 30.0 Å². The molecule has 1 aliphatic heterocycles. The molecule has 5 atom stereocenters. The summed E-state index contributed by atoms with van der Waals surface area (Å²) in [4.78, 5) is 22.7. The molecule has 2 aromatic heterocycles. The Bertz CT molecular complexity index is 788. The van der Waals surface area contributed by atoms with E-state index in [0.29, 0.717) is 21.8 Å². The number of ether oxygens (including phenoxy) is 1. The fraction of sp³-hybridized carbons (Fsp3) is 0.571. The summed E-state index contributed by atoms with van der Waals surface area (Å²) in [5.41, 5.74) is 6.52. The van der Waals surface area contributed by atoms with E-state index in [-0.39, 0.29) is 27.2 Å². The zero-order valence-corrected chi connectivity index (χ0v) is 15.3. The fourth-order valence-electron chi connectivity index (χ4n) is 2.67. The number of nitrogen functional groups attached to an aromatic ring is 1. The average molecular weight is 432 g/mol. The van der Waals surface area contributed by atoms with Crippen molar-refractivity contribution >= 4 is 37.9 Å². The molecule has 0 saturated carbocycles. The SMILES string of the molecule is Nc1ncnc2c1ncn2[C@@H]1O[C@H](C[Se]CC[C@@H](O)C(=O)O)[C@@H](O)[C@H]1O. The Kier molecular flexibility index (Phi) is 5.70. The maximum absolute atomic E-state index is 10.6. The minimum absolute atomic E-state index is 0.0553. The summed E-state index contributed by atoms with van der Waals surface area (Å²) in [6.45, 7) is 0. The fourth-order valence-corrected chi connectivity index (χ4v) is 4.90. The predicted octanol–water partition coefficient (Wildman–Crippen LogP) is -1.60. The minimum atomic E-state index is -1.38. The van der Waals surface area contributed by atoms with Crippen LogP contribution in [0.25, 0.3) is 11.2 Å². The molecule has 1 saturated heterocycles. The molecule has 3 heterocycles. The van der Waals surface area contributed by atoms with Crippen LogP contribution in [-0.4, -0.2) is 85.3 Å². The Labute approximate surface area is 154 Å². The normalized spacial score (nSPS) is 27.0. The Balaban J connectivity index is 1.64. The monoisotopic (exact) mass is 433 g/mol. The number of carbonyl (C=O) groups is 1. The number of carboxylic acid groups (broad SMARTS) is 1. The van der Waals surface area contributed by atoms with Gasteiger partial charge in [0.2, 0.25) is 0 Å². The zero-order valence-electron chi connectivity index (χ0n) is 13.5. The number of imidazole rings is 1. The van der Waals surface area contributed by atoms with Gasteiger partial charge in [0.25, 0.3) is 0 Å². The molecule has 0 amide bonds. The van der Waals surface area contributed by atoms with Crippen molar-refractivity contribution in [3.05, 3.63) is 12.7 Å². The third-order valence-corrected chi connectivity index (χ3v) is 6.39. The molecule has 0 bridgehead atoms. The maximum atomic E-state index is 10.6. The quantitative estimate of drug-likeness (QED) is 0.253. The number of fused-ring (bicyclic) bond motifs is 1. The van der Waals surface area contributed by atoms with Gasteiger partial charge in [0.05, 0.1) is 0 Å². The van der Waals surface area contributed by atoms with Crippen LogP contribution >= 0.6 is 0 Å². The first-order valence-electron chi connectivity index (χ1n) is 7.83. The second-order valence-corrected chi connectivity index (χ2v) is 8.26. The summed E-state index contributed by atoms with van der Waals surface area (Å²) in [6.07, 6.45) is -2.27. The average Bonchev–Trinajstić information content (AvgIpc) is 3.15. The van der Waals surface area contributed by atoms with Crippen molar-refractivity contribution in [2.24, 2.45) is 0 Å². The van der Waals surface area contributed by atoms with E-state index in [1.807, 2.05) is 0 Å². The van der Waals surface area contributed by atoms with Gasteiger partial charge in [-0.25, -0.2) is 0 Å². The number of carboxylic acids is 1. The van der Waals surface area contributed by atoms with E-state index in [4.69, 9.17) is 15.6 Å². The first-order valence-corrected chi connectivity index (χ1v) is 10.3. The summed E-state index contributed by atoms with van der Waals surface area (Å²) in [7, 11) is 0. The van der Waals surface area contributed by atoms with Crippen molar-refractivity contribution in [3.63, 3.8) is 0 Å². The third-order valence-electron chi connectivity index (χ3n) is 4.10. The van der Waals surface area contributed by atoms with Crippen LogP contribution in [0.2, 0.25) is 10.6 Å². The number of nitrogens with two attached hydrogens (primary N) is 1. The van der Waals surface area contributed by atoms with Crippen molar-refractivity contribution in [1.29, 1.82) is 0 Å². The summed E-state index contributed by atoms with van der Waals surface area (Å²) in [6, 6.07) is 0. The van der Waals surface area contributed by atoms with Crippen molar-refractivity contribution in [3.8, 4) is 0 Å². The van der Waals surface area contributed by atoms with Crippen molar-refractivity contribution in [2.45, 2.75) is 47.7 Å². The van der Waals surface area contributed by atoms with Gasteiger partial charge in [0.15, 0.2) is 0 Å². The summed E-state index contributed by atoms with van der Waals surface area (Å²) < 4.78 is 7.29. The Morgan fingerprint density at radius 2 is 2.12 bits per heavy atom. The van der Waals surface area contributed by atoms with Crippen molar-refractivity contribution in [2.75, 3.05) is 5.73 Å². The summed E-state index contributed by atoms with van der Waals surface area (Å²) in [5, 5.41) is 39.5. The number of aliphatic hydroxyl groups excluding tert-OH is 3. The van der Waals surface area contributed by atoms with Gasteiger partial charge in [-0.1, -0.05) is 0 Å². The summed E-state index contributed by atoms with van der Waals surface area (Å²) in [5.74, 6) is -1.04. The van der Waals surface area contributed by atoms with E-state index < -0.39 is 36.6 Å². The molecule has 11 nitrogen and oxygen atoms in total. The van der Waals surface area contributed by atoms with Gasteiger partial charge in [-0.2, -0.15) is 0 Å². The van der Waals surface area contributed by atoms with Crippen LogP contribution in [0.15, 0.2) is 12.7 Å². The number of aliphatic hydroxyl groups is 3. The molecule has 0 radical (unpaired) electrons. The van der Waals surface area contributed by atoms with Crippen LogP contribution in [0.3, 0.4) is 0 Å². The van der Waals surface area contributed by atoms with E-state index in [2.05, 4.69) is 15.0 Å². The number of hydrogen-bond acceptors (Lipinski definition) is 9. The first-order chi connectivity index (χ1) is 12.4. The van der Waals surface area contributed by atoms with Gasteiger partial charge < -0.3 is 0 Å². The van der Waals surface area contributed by atoms with Crippen molar-refractivity contribution in [1.82, 2.24) is 19.5 Å². The van der Waals surface area contributed by atoms with E-state index >= 15 is 0 Å². The van der Waals surface area contributed by atoms with E-state index in [9.17, 15) is 20.1 Å². The first kappa shape index (κ1) is 19.0. The van der Waals surface area contributed by atoms with E-state index in [1.54, 1.807) is 0 Å². The second kappa shape index (κ2) is 7.82. The molecular formula is C14H19N5O6Se. The van der Waals surface area contributed by atoms with Gasteiger partial charge in [-0.15, -0.1) is 0 Å². The van der Waals surface area contributed by atoms with E-state index in [1.165, 1.54) is 17.2 Å². The number of hydrogen-bond donors (Lipinski definition) is 5. The molecule has 6 N–H and O–H groups in total. The molecule has 0 spiro atoms. The number of rotatable bonds is 7. The third kappa shape index (κ3) is 3.65. The second-order valence-electron chi connectivity index (χ2n) is 5.85. The molecular weight excluding hydrogens is 413 g/mol. The van der Waals surface area contributed by atoms with Crippen LogP contribution in [0.1, 0.15) is 12.6 Å². The molecule has 1 fully saturated rings. The molecule has 3 rings (SSSR count). The van der Waals surface area contributed by atoms with Crippen LogP contribution in [-0.2, 0) is 9.53 Å². The molecule has 0 aromatic carbocycles. The molecule has 26 heavy (non-hydrogen) atoms. The van der Waals surface area contributed by atoms with Gasteiger partial charge in [-0.3, -0.25) is 0 Å². The Morgan fingerprint density at radius 3 is 2.85 bits per heavy atom. The number of aliphatic carboxylic acids is 1. The predicted molar refractivity (Wildman–Crippen MR) is 89.3 cm³/mol. The topological polar surface area (TPSA) is 177 Å². The summed E-state index contributed by atoms with van der Waals surface area (Å²) >= 11 is -0.0553. The van der Waals surface area contributed by atoms with Crippen LogP contribution in [0.4, 0.5) is 5.82 Å². The molecule has 1 aliphatic rings.